The van der Waals surface area contributed by atoms with Gasteiger partial charge in [-0.3, -0.25) is 0 Å². The van der Waals surface area contributed by atoms with Gasteiger partial charge < -0.3 is 10.6 Å². The van der Waals surface area contributed by atoms with Gasteiger partial charge in [-0.2, -0.15) is 0 Å². The average molecular weight is 186 g/mol. The molecule has 2 atom stereocenters. The first-order valence-corrected chi connectivity index (χ1v) is 5.22. The van der Waals surface area contributed by atoms with Gasteiger partial charge >= 0.3 is 0 Å². The summed E-state index contributed by atoms with van der Waals surface area (Å²) in [6.07, 6.45) is 3.12. The lowest BCUT2D eigenvalue weighted by Crippen LogP contribution is -2.48. The second kappa shape index (κ2) is 3.21. The molecule has 1 spiro atoms. The molecule has 1 saturated heterocycles. The number of hydrogen-bond donors (Lipinski definition) is 1. The first-order chi connectivity index (χ1) is 6.14. The molecular weight excluding hydrogens is 167 g/mol. The molecule has 2 aliphatic rings. The number of likely N-dealkylation sites (tertiary alicyclic amines) is 1. The highest BCUT2D eigenvalue weighted by molar-refractivity contribution is 5.02. The van der Waals surface area contributed by atoms with Crippen molar-refractivity contribution in [3.8, 4) is 0 Å². The smallest absolute Gasteiger partial charge is 0.116 e. The largest absolute Gasteiger partial charge is 0.325 e. The third-order valence-electron chi connectivity index (χ3n) is 4.00. The SMILES string of the molecule is CN1CCC2(CCC(F)[C@@H]2N)CC1. The third-order valence-corrected chi connectivity index (χ3v) is 4.00. The predicted octanol–water partition coefficient (Wildman–Crippen LogP) is 1.16. The molecule has 0 aromatic rings. The molecule has 3 heteroatoms. The monoisotopic (exact) mass is 186 g/mol. The normalized spacial score (nSPS) is 39.9. The molecular formula is C10H19FN2. The highest BCUT2D eigenvalue weighted by atomic mass is 19.1. The molecule has 0 radical (unpaired) electrons. The Morgan fingerprint density at radius 3 is 2.38 bits per heavy atom. The van der Waals surface area contributed by atoms with Crippen molar-refractivity contribution in [2.75, 3.05) is 20.1 Å². The van der Waals surface area contributed by atoms with Crippen molar-refractivity contribution in [2.24, 2.45) is 11.1 Å². The van der Waals surface area contributed by atoms with E-state index in [2.05, 4.69) is 11.9 Å². The van der Waals surface area contributed by atoms with Gasteiger partial charge in [0.25, 0.3) is 0 Å². The highest BCUT2D eigenvalue weighted by Crippen LogP contribution is 2.46. The molecule has 1 unspecified atom stereocenters. The van der Waals surface area contributed by atoms with E-state index in [0.29, 0.717) is 6.42 Å². The Kier molecular flexibility index (Phi) is 2.32. The lowest BCUT2D eigenvalue weighted by molar-refractivity contribution is 0.0993. The zero-order chi connectivity index (χ0) is 9.47. The van der Waals surface area contributed by atoms with Gasteiger partial charge in [-0.05, 0) is 51.2 Å². The molecule has 1 aliphatic heterocycles. The molecule has 2 rings (SSSR count). The van der Waals surface area contributed by atoms with Crippen molar-refractivity contribution in [3.63, 3.8) is 0 Å². The van der Waals surface area contributed by atoms with E-state index in [1.165, 1.54) is 0 Å². The zero-order valence-corrected chi connectivity index (χ0v) is 8.30. The zero-order valence-electron chi connectivity index (χ0n) is 8.30. The number of halogens is 1. The molecule has 1 saturated carbocycles. The summed E-state index contributed by atoms with van der Waals surface area (Å²) in [5.41, 5.74) is 6.08. The molecule has 0 bridgehead atoms. The van der Waals surface area contributed by atoms with Crippen molar-refractivity contribution in [1.82, 2.24) is 4.90 Å². The van der Waals surface area contributed by atoms with Gasteiger partial charge in [0.2, 0.25) is 0 Å². The summed E-state index contributed by atoms with van der Waals surface area (Å²) in [5, 5.41) is 0. The van der Waals surface area contributed by atoms with Gasteiger partial charge in [-0.25, -0.2) is 4.39 Å². The Hall–Kier alpha value is -0.150. The summed E-state index contributed by atoms with van der Waals surface area (Å²) < 4.78 is 13.3. The number of piperidine rings is 1. The average Bonchev–Trinajstić information content (AvgIpc) is 2.40. The fourth-order valence-corrected chi connectivity index (χ4v) is 2.80. The highest BCUT2D eigenvalue weighted by Gasteiger charge is 2.47. The molecule has 1 heterocycles. The van der Waals surface area contributed by atoms with E-state index in [1.54, 1.807) is 0 Å². The predicted molar refractivity (Wildman–Crippen MR) is 51.3 cm³/mol. The molecule has 2 nitrogen and oxygen atoms in total. The summed E-state index contributed by atoms with van der Waals surface area (Å²) in [6.45, 7) is 2.17. The molecule has 13 heavy (non-hydrogen) atoms. The number of alkyl halides is 1. The van der Waals surface area contributed by atoms with E-state index >= 15 is 0 Å². The number of nitrogens with two attached hydrogens (primary N) is 1. The van der Waals surface area contributed by atoms with E-state index in [0.717, 1.165) is 32.4 Å². The minimum Gasteiger partial charge on any atom is -0.325 e. The van der Waals surface area contributed by atoms with Gasteiger partial charge in [0, 0.05) is 6.04 Å². The van der Waals surface area contributed by atoms with Crippen LogP contribution in [0.2, 0.25) is 0 Å². The van der Waals surface area contributed by atoms with Crippen LogP contribution in [-0.4, -0.2) is 37.3 Å². The molecule has 2 fully saturated rings. The Bertz CT molecular complexity index is 187. The van der Waals surface area contributed by atoms with Crippen LogP contribution in [-0.2, 0) is 0 Å². The molecule has 2 N–H and O–H groups in total. The summed E-state index contributed by atoms with van der Waals surface area (Å²) >= 11 is 0. The number of rotatable bonds is 0. The molecule has 0 amide bonds. The van der Waals surface area contributed by atoms with Crippen LogP contribution in [0.5, 0.6) is 0 Å². The van der Waals surface area contributed by atoms with Crippen LogP contribution in [0.4, 0.5) is 4.39 Å². The topological polar surface area (TPSA) is 29.3 Å². The first-order valence-electron chi connectivity index (χ1n) is 5.22. The van der Waals surface area contributed by atoms with E-state index in [9.17, 15) is 4.39 Å². The minimum atomic E-state index is -0.747. The standard InChI is InChI=1S/C10H19FN2/c1-13-6-4-10(5-7-13)3-2-8(11)9(10)12/h8-9H,2-7,12H2,1H3/t8?,9-/m0/s1. The third kappa shape index (κ3) is 1.48. The van der Waals surface area contributed by atoms with Crippen molar-refractivity contribution in [2.45, 2.75) is 37.9 Å². The Morgan fingerprint density at radius 1 is 1.31 bits per heavy atom. The van der Waals surface area contributed by atoms with E-state index < -0.39 is 6.17 Å². The molecule has 0 aromatic carbocycles. The van der Waals surface area contributed by atoms with Crippen molar-refractivity contribution < 1.29 is 4.39 Å². The van der Waals surface area contributed by atoms with Crippen molar-refractivity contribution in [3.05, 3.63) is 0 Å². The van der Waals surface area contributed by atoms with Crippen LogP contribution in [0, 0.1) is 5.41 Å². The summed E-state index contributed by atoms with van der Waals surface area (Å²) in [6, 6.07) is -0.193. The van der Waals surface area contributed by atoms with Crippen LogP contribution < -0.4 is 5.73 Å². The van der Waals surface area contributed by atoms with Crippen molar-refractivity contribution in [1.29, 1.82) is 0 Å². The maximum absolute atomic E-state index is 13.3. The van der Waals surface area contributed by atoms with Gasteiger partial charge in [0.05, 0.1) is 0 Å². The van der Waals surface area contributed by atoms with Crippen LogP contribution in [0.15, 0.2) is 0 Å². The fourth-order valence-electron chi connectivity index (χ4n) is 2.80. The summed E-state index contributed by atoms with van der Waals surface area (Å²) in [4.78, 5) is 2.31. The van der Waals surface area contributed by atoms with E-state index in [-0.39, 0.29) is 11.5 Å². The van der Waals surface area contributed by atoms with Crippen LogP contribution >= 0.6 is 0 Å². The van der Waals surface area contributed by atoms with Gasteiger partial charge in [-0.1, -0.05) is 0 Å². The Labute approximate surface area is 79.3 Å². The van der Waals surface area contributed by atoms with Crippen LogP contribution in [0.3, 0.4) is 0 Å². The maximum atomic E-state index is 13.3. The van der Waals surface area contributed by atoms with E-state index in [1.807, 2.05) is 0 Å². The van der Waals surface area contributed by atoms with Gasteiger partial charge in [0.1, 0.15) is 6.17 Å². The minimum absolute atomic E-state index is 0.145. The van der Waals surface area contributed by atoms with Gasteiger partial charge in [0.15, 0.2) is 0 Å². The van der Waals surface area contributed by atoms with Crippen LogP contribution in [0.1, 0.15) is 25.7 Å². The van der Waals surface area contributed by atoms with E-state index in [4.69, 9.17) is 5.73 Å². The molecule has 1 aliphatic carbocycles. The molecule has 0 aromatic heterocycles. The first kappa shape index (κ1) is 9.41. The van der Waals surface area contributed by atoms with Crippen LogP contribution in [0.25, 0.3) is 0 Å². The van der Waals surface area contributed by atoms with Gasteiger partial charge in [-0.15, -0.1) is 0 Å². The number of nitrogens with zero attached hydrogens (tertiary/aromatic N) is 1. The summed E-state index contributed by atoms with van der Waals surface area (Å²) in [5.74, 6) is 0. The lowest BCUT2D eigenvalue weighted by Gasteiger charge is -2.40. The number of hydrogen-bond acceptors (Lipinski definition) is 2. The molecule has 76 valence electrons. The Morgan fingerprint density at radius 2 is 1.92 bits per heavy atom. The van der Waals surface area contributed by atoms with Crippen molar-refractivity contribution >= 4 is 0 Å². The summed E-state index contributed by atoms with van der Waals surface area (Å²) in [7, 11) is 2.13. The lowest BCUT2D eigenvalue weighted by atomic mass is 9.74. The second-order valence-corrected chi connectivity index (χ2v) is 4.75. The Balaban J connectivity index is 2.05. The quantitative estimate of drug-likeness (QED) is 0.615. The maximum Gasteiger partial charge on any atom is 0.116 e. The second-order valence-electron chi connectivity index (χ2n) is 4.75. The fraction of sp³-hybridized carbons (Fsp3) is 1.00.